The second kappa shape index (κ2) is 16.9. The molecule has 16 heteroatoms. The number of aryl methyl sites for hydroxylation is 1. The number of primary amides is 1. The van der Waals surface area contributed by atoms with E-state index in [9.17, 15) is 28.8 Å². The zero-order valence-corrected chi connectivity index (χ0v) is 34.5. The molecule has 1 aromatic heterocycles. The van der Waals surface area contributed by atoms with E-state index in [4.69, 9.17) is 10.7 Å². The number of likely N-dealkylation sites (N-methyl/N-ethyl adjacent to an activating group) is 1. The molecule has 316 valence electrons. The lowest BCUT2D eigenvalue weighted by Crippen LogP contribution is -2.52. The van der Waals surface area contributed by atoms with E-state index in [2.05, 4.69) is 39.6 Å². The summed E-state index contributed by atoms with van der Waals surface area (Å²) in [5.41, 5.74) is 10.2. The maximum absolute atomic E-state index is 13.3. The van der Waals surface area contributed by atoms with Crippen LogP contribution in [-0.2, 0) is 32.8 Å². The van der Waals surface area contributed by atoms with Crippen molar-refractivity contribution in [1.29, 1.82) is 0 Å². The number of unbranched alkanes of at least 4 members (excludes halogenated alkanes) is 1. The molecule has 0 aliphatic carbocycles. The number of anilines is 3. The fraction of sp³-hybridized carbons (Fsp3) is 0.500. The van der Waals surface area contributed by atoms with Gasteiger partial charge in [-0.05, 0) is 91.7 Å². The van der Waals surface area contributed by atoms with E-state index in [-0.39, 0.29) is 53.1 Å². The molecular weight excluding hydrogens is 765 g/mol. The van der Waals surface area contributed by atoms with Crippen LogP contribution in [-0.4, -0.2) is 124 Å². The Balaban J connectivity index is 0.822. The van der Waals surface area contributed by atoms with Crippen LogP contribution in [0.3, 0.4) is 0 Å². The van der Waals surface area contributed by atoms with E-state index in [1.54, 1.807) is 22.1 Å². The standard InChI is InChI=1S/C44H54N10O6/c1-44(18-21-51(22-19-44)37(56)11-4-3-7-28-8-5-10-32-33(28)27-54(42(32)59)34-16-17-36(55)49-41(34)58)29-12-14-30(15-13-29)47-40-38(39(45)57)46-25-35(48-40)52-20-6-9-31(26-52)53-24-23-50(2)43(53)60/h5,8,10,12-15,25,31,34H,3-4,6-7,9,11,16-24,26-27H2,1-2H3,(H2,45,57)(H,47,48)(H,49,55,58)/t31-,34?/m1/s1. The van der Waals surface area contributed by atoms with Crippen molar-refractivity contribution < 1.29 is 28.8 Å². The number of urea groups is 1. The Morgan fingerprint density at radius 1 is 0.950 bits per heavy atom. The maximum atomic E-state index is 13.3. The molecule has 8 rings (SSSR count). The van der Waals surface area contributed by atoms with Crippen LogP contribution in [0.1, 0.15) is 102 Å². The Morgan fingerprint density at radius 2 is 1.73 bits per heavy atom. The largest absolute Gasteiger partial charge is 0.364 e. The first kappa shape index (κ1) is 40.7. The SMILES string of the molecule is CN1CCN([C@@H]2CCCN(c3cnc(C(N)=O)c(Nc4ccc(C5(C)CCN(C(=O)CCCCc6cccc7c6CN(C6CCC(=O)NC6=O)C7=O)CC5)cc4)n3)C2)C1=O. The minimum absolute atomic E-state index is 0.0511. The summed E-state index contributed by atoms with van der Waals surface area (Å²) in [6, 6.07) is 13.3. The summed E-state index contributed by atoms with van der Waals surface area (Å²) in [5, 5.41) is 5.63. The molecule has 4 N–H and O–H groups in total. The molecule has 5 aliphatic rings. The van der Waals surface area contributed by atoms with Crippen molar-refractivity contribution in [2.45, 2.75) is 95.2 Å². The lowest BCUT2D eigenvalue weighted by atomic mass is 9.74. The molecule has 0 bridgehead atoms. The van der Waals surface area contributed by atoms with Crippen LogP contribution in [0, 0.1) is 0 Å². The summed E-state index contributed by atoms with van der Waals surface area (Å²) in [7, 11) is 1.83. The zero-order chi connectivity index (χ0) is 42.1. The molecule has 16 nitrogen and oxygen atoms in total. The van der Waals surface area contributed by atoms with Crippen molar-refractivity contribution in [3.8, 4) is 0 Å². The van der Waals surface area contributed by atoms with Crippen LogP contribution in [0.25, 0.3) is 0 Å². The Hall–Kier alpha value is -6.06. The summed E-state index contributed by atoms with van der Waals surface area (Å²) in [4.78, 5) is 94.3. The fourth-order valence-electron chi connectivity index (χ4n) is 9.49. The summed E-state index contributed by atoms with van der Waals surface area (Å²) in [6.07, 6.45) is 8.34. The first-order chi connectivity index (χ1) is 28.9. The summed E-state index contributed by atoms with van der Waals surface area (Å²) >= 11 is 0. The number of piperidine rings is 3. The minimum Gasteiger partial charge on any atom is -0.364 e. The minimum atomic E-state index is -0.679. The van der Waals surface area contributed by atoms with Gasteiger partial charge >= 0.3 is 6.03 Å². The molecule has 2 atom stereocenters. The van der Waals surface area contributed by atoms with Crippen LogP contribution in [0.5, 0.6) is 0 Å². The molecule has 4 saturated heterocycles. The lowest BCUT2D eigenvalue weighted by Gasteiger charge is -2.40. The van der Waals surface area contributed by atoms with Gasteiger partial charge in [0.05, 0.1) is 12.2 Å². The third-order valence-electron chi connectivity index (χ3n) is 13.2. The topological polar surface area (TPSA) is 194 Å². The van der Waals surface area contributed by atoms with Crippen LogP contribution in [0.15, 0.2) is 48.7 Å². The van der Waals surface area contributed by atoms with Gasteiger partial charge in [-0.25, -0.2) is 14.8 Å². The van der Waals surface area contributed by atoms with Crippen LogP contribution < -0.4 is 21.3 Å². The van der Waals surface area contributed by atoms with Gasteiger partial charge in [-0.15, -0.1) is 0 Å². The number of likely N-dealkylation sites (tertiary alicyclic amines) is 1. The second-order valence-electron chi connectivity index (χ2n) is 17.1. The van der Waals surface area contributed by atoms with Crippen LogP contribution >= 0.6 is 0 Å². The van der Waals surface area contributed by atoms with E-state index in [0.29, 0.717) is 56.9 Å². The highest BCUT2D eigenvalue weighted by atomic mass is 16.2. The molecule has 0 saturated carbocycles. The fourth-order valence-corrected chi connectivity index (χ4v) is 9.49. The number of carbonyl (C=O) groups is 6. The highest BCUT2D eigenvalue weighted by Gasteiger charge is 2.40. The van der Waals surface area contributed by atoms with Gasteiger partial charge in [0.2, 0.25) is 17.7 Å². The van der Waals surface area contributed by atoms with Gasteiger partial charge in [-0.1, -0.05) is 31.2 Å². The van der Waals surface area contributed by atoms with Crippen LogP contribution in [0.2, 0.25) is 0 Å². The summed E-state index contributed by atoms with van der Waals surface area (Å²) in [6.45, 7) is 6.76. The number of carbonyl (C=O) groups excluding carboxylic acids is 6. The van der Waals surface area contributed by atoms with E-state index in [1.165, 1.54) is 5.56 Å². The van der Waals surface area contributed by atoms with Crippen molar-refractivity contribution in [1.82, 2.24) is 34.9 Å². The molecule has 6 heterocycles. The zero-order valence-electron chi connectivity index (χ0n) is 34.5. The lowest BCUT2D eigenvalue weighted by molar-refractivity contribution is -0.137. The number of hydrogen-bond acceptors (Lipinski definition) is 10. The number of amides is 7. The number of benzene rings is 2. The maximum Gasteiger partial charge on any atom is 0.320 e. The van der Waals surface area contributed by atoms with Gasteiger partial charge in [0, 0.05) is 77.0 Å². The predicted octanol–water partition coefficient (Wildman–Crippen LogP) is 3.71. The molecule has 4 fully saturated rings. The van der Waals surface area contributed by atoms with Crippen molar-refractivity contribution in [3.63, 3.8) is 0 Å². The second-order valence-corrected chi connectivity index (χ2v) is 17.1. The van der Waals surface area contributed by atoms with Crippen molar-refractivity contribution in [2.24, 2.45) is 5.73 Å². The molecule has 3 aromatic rings. The average molecular weight is 819 g/mol. The molecule has 60 heavy (non-hydrogen) atoms. The van der Waals surface area contributed by atoms with Gasteiger partial charge in [0.25, 0.3) is 11.8 Å². The number of rotatable bonds is 12. The number of nitrogens with one attached hydrogen (secondary N) is 2. The molecule has 5 aliphatic heterocycles. The highest BCUT2D eigenvalue weighted by Crippen LogP contribution is 2.37. The predicted molar refractivity (Wildman–Crippen MR) is 223 cm³/mol. The molecule has 2 aromatic carbocycles. The van der Waals surface area contributed by atoms with Gasteiger partial charge in [-0.3, -0.25) is 29.3 Å². The Labute approximate surface area is 349 Å². The van der Waals surface area contributed by atoms with Gasteiger partial charge < -0.3 is 35.6 Å². The van der Waals surface area contributed by atoms with Crippen LogP contribution in [0.4, 0.5) is 22.1 Å². The molecule has 0 radical (unpaired) electrons. The van der Waals surface area contributed by atoms with E-state index < -0.39 is 17.9 Å². The smallest absolute Gasteiger partial charge is 0.320 e. The highest BCUT2D eigenvalue weighted by molar-refractivity contribution is 6.05. The number of aromatic nitrogens is 2. The van der Waals surface area contributed by atoms with E-state index in [0.717, 1.165) is 74.8 Å². The Kier molecular flexibility index (Phi) is 11.5. The Morgan fingerprint density at radius 3 is 2.45 bits per heavy atom. The molecule has 1 unspecified atom stereocenters. The first-order valence-electron chi connectivity index (χ1n) is 21.2. The normalized spacial score (nSPS) is 21.7. The van der Waals surface area contributed by atoms with E-state index in [1.807, 2.05) is 41.1 Å². The third kappa shape index (κ3) is 8.23. The number of hydrogen-bond donors (Lipinski definition) is 3. The Bertz CT molecular complexity index is 2190. The molecule has 7 amide bonds. The van der Waals surface area contributed by atoms with Gasteiger partial charge in [-0.2, -0.15) is 0 Å². The number of imide groups is 1. The third-order valence-corrected chi connectivity index (χ3v) is 13.2. The number of nitrogens with zero attached hydrogens (tertiary/aromatic N) is 7. The number of fused-ring (bicyclic) bond motifs is 1. The molecular formula is C44H54N10O6. The average Bonchev–Trinajstić information content (AvgIpc) is 3.77. The molecule has 0 spiro atoms. The summed E-state index contributed by atoms with van der Waals surface area (Å²) < 4.78 is 0. The number of nitrogens with two attached hydrogens (primary N) is 1. The summed E-state index contributed by atoms with van der Waals surface area (Å²) in [5.74, 6) is -0.522. The quantitative estimate of drug-likeness (QED) is 0.179. The van der Waals surface area contributed by atoms with Gasteiger partial charge in [0.15, 0.2) is 11.5 Å². The van der Waals surface area contributed by atoms with Crippen molar-refractivity contribution in [3.05, 3.63) is 76.6 Å². The van der Waals surface area contributed by atoms with Crippen molar-refractivity contribution >= 4 is 52.9 Å². The monoisotopic (exact) mass is 818 g/mol. The van der Waals surface area contributed by atoms with Gasteiger partial charge in [0.1, 0.15) is 11.9 Å². The van der Waals surface area contributed by atoms with E-state index >= 15 is 0 Å². The first-order valence-corrected chi connectivity index (χ1v) is 21.2. The van der Waals surface area contributed by atoms with Crippen molar-refractivity contribution in [2.75, 3.05) is 56.5 Å².